The fourth-order valence-electron chi connectivity index (χ4n) is 2.99. The van der Waals surface area contributed by atoms with Gasteiger partial charge in [-0.15, -0.1) is 0 Å². The Balaban J connectivity index is 1.49. The molecule has 0 unspecified atom stereocenters. The number of imidazole rings is 1. The Morgan fingerprint density at radius 3 is 2.63 bits per heavy atom. The molecular formula is C20H16N4O3. The third kappa shape index (κ3) is 3.18. The maximum Gasteiger partial charge on any atom is 0.356 e. The Kier molecular flexibility index (Phi) is 4.18. The third-order valence-corrected chi connectivity index (χ3v) is 4.35. The summed E-state index contributed by atoms with van der Waals surface area (Å²) in [6.45, 7) is 0.0600. The minimum atomic E-state index is -1.14. The highest BCUT2D eigenvalue weighted by Crippen LogP contribution is 2.20. The van der Waals surface area contributed by atoms with Gasteiger partial charge in [-0.25, -0.2) is 9.78 Å². The number of aromatic amines is 1. The Morgan fingerprint density at radius 2 is 1.85 bits per heavy atom. The first-order valence-electron chi connectivity index (χ1n) is 8.34. The normalized spacial score (nSPS) is 10.8. The summed E-state index contributed by atoms with van der Waals surface area (Å²) in [6.07, 6.45) is 3.28. The van der Waals surface area contributed by atoms with E-state index < -0.39 is 5.97 Å². The van der Waals surface area contributed by atoms with Gasteiger partial charge in [0.2, 0.25) is 0 Å². The van der Waals surface area contributed by atoms with Crippen LogP contribution in [0, 0.1) is 0 Å². The number of carboxylic acid groups (broad SMARTS) is 1. The van der Waals surface area contributed by atoms with E-state index in [1.54, 1.807) is 12.1 Å². The Labute approximate surface area is 154 Å². The summed E-state index contributed by atoms with van der Waals surface area (Å²) in [5.74, 6) is -1.42. The van der Waals surface area contributed by atoms with Crippen molar-refractivity contribution in [3.63, 3.8) is 0 Å². The maximum atomic E-state index is 12.3. The summed E-state index contributed by atoms with van der Waals surface area (Å²) < 4.78 is 2.06. The van der Waals surface area contributed by atoms with Crippen molar-refractivity contribution in [1.82, 2.24) is 19.9 Å². The Bertz CT molecular complexity index is 1130. The van der Waals surface area contributed by atoms with Crippen LogP contribution in [0.1, 0.15) is 26.5 Å². The number of nitrogens with one attached hydrogen (secondary N) is 2. The van der Waals surface area contributed by atoms with E-state index in [2.05, 4.69) is 25.9 Å². The van der Waals surface area contributed by atoms with Crippen LogP contribution in [0.15, 0.2) is 67.1 Å². The number of H-pyrrole nitrogens is 1. The van der Waals surface area contributed by atoms with Gasteiger partial charge in [0.1, 0.15) is 0 Å². The van der Waals surface area contributed by atoms with Gasteiger partial charge in [-0.3, -0.25) is 4.79 Å². The van der Waals surface area contributed by atoms with E-state index in [4.69, 9.17) is 5.11 Å². The number of carbonyl (C=O) groups excluding carboxylic acids is 1. The number of para-hydroxylation sites is 1. The minimum absolute atomic E-state index is 0.0600. The van der Waals surface area contributed by atoms with Gasteiger partial charge in [-0.05, 0) is 41.8 Å². The van der Waals surface area contributed by atoms with E-state index in [-0.39, 0.29) is 18.1 Å². The third-order valence-electron chi connectivity index (χ3n) is 4.35. The molecule has 7 nitrogen and oxygen atoms in total. The van der Waals surface area contributed by atoms with Crippen LogP contribution in [-0.2, 0) is 6.54 Å². The summed E-state index contributed by atoms with van der Waals surface area (Å²) in [7, 11) is 0. The van der Waals surface area contributed by atoms with Gasteiger partial charge in [-0.2, -0.15) is 0 Å². The Morgan fingerprint density at radius 1 is 1.07 bits per heavy atom. The Hall–Kier alpha value is -3.87. The molecule has 0 aliphatic carbocycles. The van der Waals surface area contributed by atoms with Crippen LogP contribution in [0.5, 0.6) is 0 Å². The number of hydrogen-bond donors (Lipinski definition) is 3. The number of aromatic carboxylic acids is 1. The van der Waals surface area contributed by atoms with Gasteiger partial charge >= 0.3 is 5.97 Å². The lowest BCUT2D eigenvalue weighted by atomic mass is 10.2. The first kappa shape index (κ1) is 16.6. The van der Waals surface area contributed by atoms with E-state index in [0.717, 1.165) is 16.6 Å². The molecule has 0 fully saturated rings. The lowest BCUT2D eigenvalue weighted by molar-refractivity contribution is 0.0688. The minimum Gasteiger partial charge on any atom is -0.476 e. The second kappa shape index (κ2) is 6.80. The van der Waals surface area contributed by atoms with Crippen LogP contribution in [0.3, 0.4) is 0 Å². The second-order valence-electron chi connectivity index (χ2n) is 6.01. The molecule has 3 N–H and O–H groups in total. The second-order valence-corrected chi connectivity index (χ2v) is 6.01. The highest BCUT2D eigenvalue weighted by Gasteiger charge is 2.14. The van der Waals surface area contributed by atoms with E-state index in [9.17, 15) is 9.59 Å². The molecule has 4 aromatic rings. The fourth-order valence-corrected chi connectivity index (χ4v) is 2.99. The lowest BCUT2D eigenvalue weighted by Gasteiger charge is -2.08. The number of nitrogens with zero attached hydrogens (tertiary/aromatic N) is 2. The molecule has 0 saturated heterocycles. The molecular weight excluding hydrogens is 344 g/mol. The summed E-state index contributed by atoms with van der Waals surface area (Å²) in [5.41, 5.74) is 2.80. The molecule has 0 aliphatic rings. The van der Waals surface area contributed by atoms with Crippen LogP contribution in [0.4, 0.5) is 0 Å². The topological polar surface area (TPSA) is 100 Å². The predicted molar refractivity (Wildman–Crippen MR) is 100.0 cm³/mol. The molecule has 0 radical (unpaired) electrons. The van der Waals surface area contributed by atoms with Crippen molar-refractivity contribution in [2.24, 2.45) is 0 Å². The highest BCUT2D eigenvalue weighted by molar-refractivity contribution is 5.94. The van der Waals surface area contributed by atoms with Crippen LogP contribution in [0.25, 0.3) is 16.6 Å². The van der Waals surface area contributed by atoms with Crippen molar-refractivity contribution in [2.45, 2.75) is 6.54 Å². The summed E-state index contributed by atoms with van der Waals surface area (Å²) in [5, 5.41) is 12.9. The van der Waals surface area contributed by atoms with Crippen molar-refractivity contribution >= 4 is 22.8 Å². The molecule has 0 atom stereocenters. The summed E-state index contributed by atoms with van der Waals surface area (Å²) in [6, 6.07) is 17.3. The van der Waals surface area contributed by atoms with Gasteiger partial charge in [-0.1, -0.05) is 18.2 Å². The number of amides is 1. The molecule has 4 rings (SSSR count). The zero-order valence-corrected chi connectivity index (χ0v) is 14.2. The molecule has 0 saturated carbocycles. The van der Waals surface area contributed by atoms with E-state index in [1.165, 1.54) is 6.33 Å². The van der Waals surface area contributed by atoms with Gasteiger partial charge in [0.25, 0.3) is 5.91 Å². The van der Waals surface area contributed by atoms with E-state index >= 15 is 0 Å². The van der Waals surface area contributed by atoms with Crippen molar-refractivity contribution in [1.29, 1.82) is 0 Å². The molecule has 7 heteroatoms. The average molecular weight is 360 g/mol. The molecule has 0 bridgehead atoms. The highest BCUT2D eigenvalue weighted by atomic mass is 16.4. The van der Waals surface area contributed by atoms with Gasteiger partial charge in [0, 0.05) is 17.4 Å². The SMILES string of the molecule is O=C(NCc1[nH]cnc1C(=O)O)c1ccc(-n2ccc3ccccc32)cc1. The fraction of sp³-hybridized carbons (Fsp3) is 0.0500. The molecule has 2 heterocycles. The predicted octanol–water partition coefficient (Wildman–Crippen LogP) is 2.98. The molecule has 134 valence electrons. The zero-order valence-electron chi connectivity index (χ0n) is 14.2. The van der Waals surface area contributed by atoms with Crippen molar-refractivity contribution < 1.29 is 14.7 Å². The standard InChI is InChI=1S/C20H16N4O3/c25-19(21-11-16-18(20(26)27)23-12-22-16)14-5-7-15(8-6-14)24-10-9-13-3-1-2-4-17(13)24/h1-10,12H,11H2,(H,21,25)(H,22,23)(H,26,27). The molecule has 1 amide bonds. The van der Waals surface area contributed by atoms with Crippen molar-refractivity contribution in [3.8, 4) is 5.69 Å². The number of carbonyl (C=O) groups is 2. The maximum absolute atomic E-state index is 12.3. The van der Waals surface area contributed by atoms with Crippen molar-refractivity contribution in [2.75, 3.05) is 0 Å². The van der Waals surface area contributed by atoms with Crippen LogP contribution in [-0.4, -0.2) is 31.5 Å². The van der Waals surface area contributed by atoms with Gasteiger partial charge in [0.15, 0.2) is 5.69 Å². The monoisotopic (exact) mass is 360 g/mol. The quantitative estimate of drug-likeness (QED) is 0.509. The van der Waals surface area contributed by atoms with Crippen LogP contribution >= 0.6 is 0 Å². The number of fused-ring (bicyclic) bond motifs is 1. The molecule has 2 aromatic carbocycles. The zero-order chi connectivity index (χ0) is 18.8. The number of hydrogen-bond acceptors (Lipinski definition) is 3. The molecule has 2 aromatic heterocycles. The van der Waals surface area contributed by atoms with Gasteiger partial charge < -0.3 is 20.0 Å². The molecule has 27 heavy (non-hydrogen) atoms. The van der Waals surface area contributed by atoms with E-state index in [1.807, 2.05) is 42.6 Å². The number of rotatable bonds is 5. The smallest absolute Gasteiger partial charge is 0.356 e. The van der Waals surface area contributed by atoms with E-state index in [0.29, 0.717) is 11.3 Å². The number of aromatic nitrogens is 3. The largest absolute Gasteiger partial charge is 0.476 e. The average Bonchev–Trinajstić information content (AvgIpc) is 3.33. The summed E-state index contributed by atoms with van der Waals surface area (Å²) >= 11 is 0. The van der Waals surface area contributed by atoms with Crippen LogP contribution in [0.2, 0.25) is 0 Å². The number of benzene rings is 2. The summed E-state index contributed by atoms with van der Waals surface area (Å²) in [4.78, 5) is 29.8. The van der Waals surface area contributed by atoms with Gasteiger partial charge in [0.05, 0.1) is 24.1 Å². The first-order valence-corrected chi connectivity index (χ1v) is 8.34. The van der Waals surface area contributed by atoms with Crippen molar-refractivity contribution in [3.05, 3.63) is 84.1 Å². The molecule has 0 aliphatic heterocycles. The lowest BCUT2D eigenvalue weighted by Crippen LogP contribution is -2.24. The first-order chi connectivity index (χ1) is 13.1. The number of carboxylic acids is 1. The van der Waals surface area contributed by atoms with Crippen LogP contribution < -0.4 is 5.32 Å². The molecule has 0 spiro atoms.